The molecule has 4 nitrogen and oxygen atoms in total. The first-order valence-electron chi connectivity index (χ1n) is 8.47. The normalized spacial score (nSPS) is 10.7. The number of ether oxygens (including phenoxy) is 2. The van der Waals surface area contributed by atoms with Crippen LogP contribution in [0, 0.1) is 5.92 Å². The van der Waals surface area contributed by atoms with E-state index < -0.39 is 0 Å². The quantitative estimate of drug-likeness (QED) is 0.530. The second-order valence-corrected chi connectivity index (χ2v) is 6.34. The summed E-state index contributed by atoms with van der Waals surface area (Å²) in [5, 5.41) is 3.43. The highest BCUT2D eigenvalue weighted by atomic mass is 16.5. The minimum Gasteiger partial charge on any atom is -0.495 e. The predicted molar refractivity (Wildman–Crippen MR) is 101 cm³/mol. The molecule has 2 aromatic carbocycles. The van der Waals surface area contributed by atoms with Gasteiger partial charge in [-0.25, -0.2) is 0 Å². The smallest absolute Gasteiger partial charge is 0.141 e. The van der Waals surface area contributed by atoms with Crippen molar-refractivity contribution >= 4 is 11.4 Å². The number of hydrogen-bond acceptors (Lipinski definition) is 4. The lowest BCUT2D eigenvalue weighted by molar-refractivity contribution is 0.271. The SMILES string of the molecule is COc1ccc(CCCNc2ccc(OCC(C)C)cc2)cc1N. The third-order valence-corrected chi connectivity index (χ3v) is 3.70. The van der Waals surface area contributed by atoms with E-state index in [1.807, 2.05) is 24.3 Å². The summed E-state index contributed by atoms with van der Waals surface area (Å²) < 4.78 is 10.9. The van der Waals surface area contributed by atoms with Gasteiger partial charge >= 0.3 is 0 Å². The van der Waals surface area contributed by atoms with Gasteiger partial charge < -0.3 is 20.5 Å². The van der Waals surface area contributed by atoms with Gasteiger partial charge in [0.05, 0.1) is 19.4 Å². The van der Waals surface area contributed by atoms with Gasteiger partial charge in [0.2, 0.25) is 0 Å². The first-order chi connectivity index (χ1) is 11.6. The van der Waals surface area contributed by atoms with Crippen molar-refractivity contribution < 1.29 is 9.47 Å². The second-order valence-electron chi connectivity index (χ2n) is 6.34. The van der Waals surface area contributed by atoms with E-state index in [4.69, 9.17) is 15.2 Å². The van der Waals surface area contributed by atoms with Gasteiger partial charge in [0, 0.05) is 12.2 Å². The highest BCUT2D eigenvalue weighted by Gasteiger charge is 2.01. The average Bonchev–Trinajstić information content (AvgIpc) is 2.58. The Morgan fingerprint density at radius 3 is 2.46 bits per heavy atom. The number of methoxy groups -OCH3 is 1. The Bertz CT molecular complexity index is 624. The molecular formula is C20H28N2O2. The molecule has 130 valence electrons. The zero-order valence-electron chi connectivity index (χ0n) is 14.8. The van der Waals surface area contributed by atoms with Crippen LogP contribution < -0.4 is 20.5 Å². The van der Waals surface area contributed by atoms with Gasteiger partial charge in [-0.15, -0.1) is 0 Å². The van der Waals surface area contributed by atoms with Gasteiger partial charge in [-0.05, 0) is 60.7 Å². The van der Waals surface area contributed by atoms with Crippen LogP contribution in [0.1, 0.15) is 25.8 Å². The lowest BCUT2D eigenvalue weighted by atomic mass is 10.1. The number of anilines is 2. The average molecular weight is 328 g/mol. The largest absolute Gasteiger partial charge is 0.495 e. The Hall–Kier alpha value is -2.36. The zero-order chi connectivity index (χ0) is 17.4. The minimum atomic E-state index is 0.537. The second kappa shape index (κ2) is 9.06. The van der Waals surface area contributed by atoms with Crippen molar-refractivity contribution in [1.29, 1.82) is 0 Å². The number of nitrogens with one attached hydrogen (secondary N) is 1. The summed E-state index contributed by atoms with van der Waals surface area (Å²) in [6, 6.07) is 14.1. The van der Waals surface area contributed by atoms with Crippen molar-refractivity contribution in [2.75, 3.05) is 31.3 Å². The maximum absolute atomic E-state index is 5.93. The zero-order valence-corrected chi connectivity index (χ0v) is 14.8. The van der Waals surface area contributed by atoms with Crippen molar-refractivity contribution in [2.24, 2.45) is 5.92 Å². The highest BCUT2D eigenvalue weighted by molar-refractivity contribution is 5.54. The summed E-state index contributed by atoms with van der Waals surface area (Å²) in [6.07, 6.45) is 2.02. The molecule has 0 spiro atoms. The fourth-order valence-corrected chi connectivity index (χ4v) is 2.40. The summed E-state index contributed by atoms with van der Waals surface area (Å²) in [7, 11) is 1.63. The molecule has 2 aromatic rings. The molecule has 2 rings (SSSR count). The molecule has 0 unspecified atom stereocenters. The maximum atomic E-state index is 5.93. The van der Waals surface area contributed by atoms with Crippen molar-refractivity contribution in [2.45, 2.75) is 26.7 Å². The van der Waals surface area contributed by atoms with Crippen LogP contribution in [-0.4, -0.2) is 20.3 Å². The van der Waals surface area contributed by atoms with E-state index in [-0.39, 0.29) is 0 Å². The molecule has 0 saturated carbocycles. The minimum absolute atomic E-state index is 0.537. The topological polar surface area (TPSA) is 56.5 Å². The lowest BCUT2D eigenvalue weighted by Crippen LogP contribution is -2.05. The fraction of sp³-hybridized carbons (Fsp3) is 0.400. The summed E-state index contributed by atoms with van der Waals surface area (Å²) in [6.45, 7) is 5.95. The predicted octanol–water partition coefficient (Wildman–Crippen LogP) is 4.36. The number of nitrogens with two attached hydrogens (primary N) is 1. The Kier molecular flexibility index (Phi) is 6.79. The van der Waals surface area contributed by atoms with Gasteiger partial charge in [0.25, 0.3) is 0 Å². The van der Waals surface area contributed by atoms with Crippen LogP contribution in [0.3, 0.4) is 0 Å². The molecule has 0 radical (unpaired) electrons. The van der Waals surface area contributed by atoms with Crippen molar-refractivity contribution in [1.82, 2.24) is 0 Å². The van der Waals surface area contributed by atoms with E-state index in [0.29, 0.717) is 11.6 Å². The van der Waals surface area contributed by atoms with E-state index in [1.165, 1.54) is 5.56 Å². The van der Waals surface area contributed by atoms with E-state index in [0.717, 1.165) is 43.2 Å². The van der Waals surface area contributed by atoms with Gasteiger partial charge in [-0.3, -0.25) is 0 Å². The number of hydrogen-bond donors (Lipinski definition) is 2. The van der Waals surface area contributed by atoms with Gasteiger partial charge in [-0.1, -0.05) is 19.9 Å². The van der Waals surface area contributed by atoms with Crippen LogP contribution in [-0.2, 0) is 6.42 Å². The molecule has 0 fully saturated rings. The fourth-order valence-electron chi connectivity index (χ4n) is 2.40. The van der Waals surface area contributed by atoms with Crippen molar-refractivity contribution in [3.8, 4) is 11.5 Å². The van der Waals surface area contributed by atoms with E-state index >= 15 is 0 Å². The van der Waals surface area contributed by atoms with Crippen LogP contribution in [0.15, 0.2) is 42.5 Å². The molecule has 0 amide bonds. The standard InChI is InChI=1S/C20H28N2O2/c1-15(2)14-24-18-9-7-17(8-10-18)22-12-4-5-16-6-11-20(23-3)19(21)13-16/h6-11,13,15,22H,4-5,12,14,21H2,1-3H3. The molecular weight excluding hydrogens is 300 g/mol. The third kappa shape index (κ3) is 5.69. The Labute approximate surface area is 145 Å². The molecule has 0 atom stereocenters. The number of rotatable bonds is 9. The number of aryl methyl sites for hydroxylation is 1. The summed E-state index contributed by atoms with van der Waals surface area (Å²) in [5.41, 5.74) is 8.97. The Morgan fingerprint density at radius 2 is 1.83 bits per heavy atom. The van der Waals surface area contributed by atoms with E-state index in [2.05, 4.69) is 37.4 Å². The van der Waals surface area contributed by atoms with Crippen LogP contribution in [0.5, 0.6) is 11.5 Å². The molecule has 0 saturated heterocycles. The summed E-state index contributed by atoms with van der Waals surface area (Å²) in [4.78, 5) is 0. The molecule has 4 heteroatoms. The maximum Gasteiger partial charge on any atom is 0.141 e. The molecule has 0 aliphatic rings. The van der Waals surface area contributed by atoms with Gasteiger partial charge in [0.15, 0.2) is 0 Å². The summed E-state index contributed by atoms with van der Waals surface area (Å²) in [5.74, 6) is 2.19. The molecule has 0 heterocycles. The molecule has 0 aromatic heterocycles. The van der Waals surface area contributed by atoms with Crippen molar-refractivity contribution in [3.63, 3.8) is 0 Å². The van der Waals surface area contributed by atoms with E-state index in [1.54, 1.807) is 7.11 Å². The number of nitrogen functional groups attached to an aromatic ring is 1. The third-order valence-electron chi connectivity index (χ3n) is 3.70. The highest BCUT2D eigenvalue weighted by Crippen LogP contribution is 2.22. The molecule has 0 bridgehead atoms. The number of benzene rings is 2. The lowest BCUT2D eigenvalue weighted by Gasteiger charge is -2.11. The molecule has 24 heavy (non-hydrogen) atoms. The first kappa shape index (κ1) is 18.0. The van der Waals surface area contributed by atoms with E-state index in [9.17, 15) is 0 Å². The summed E-state index contributed by atoms with van der Waals surface area (Å²) >= 11 is 0. The van der Waals surface area contributed by atoms with Crippen molar-refractivity contribution in [3.05, 3.63) is 48.0 Å². The van der Waals surface area contributed by atoms with Crippen LogP contribution in [0.2, 0.25) is 0 Å². The molecule has 0 aliphatic carbocycles. The monoisotopic (exact) mass is 328 g/mol. The van der Waals surface area contributed by atoms with Gasteiger partial charge in [0.1, 0.15) is 11.5 Å². The van der Waals surface area contributed by atoms with Crippen LogP contribution in [0.25, 0.3) is 0 Å². The Morgan fingerprint density at radius 1 is 1.08 bits per heavy atom. The van der Waals surface area contributed by atoms with Crippen LogP contribution >= 0.6 is 0 Å². The van der Waals surface area contributed by atoms with Gasteiger partial charge in [-0.2, -0.15) is 0 Å². The first-order valence-corrected chi connectivity index (χ1v) is 8.47. The Balaban J connectivity index is 1.73. The molecule has 3 N–H and O–H groups in total. The molecule has 0 aliphatic heterocycles. The van der Waals surface area contributed by atoms with Crippen LogP contribution in [0.4, 0.5) is 11.4 Å².